The molecule has 0 aliphatic carbocycles. The van der Waals surface area contributed by atoms with Gasteiger partial charge in [0.15, 0.2) is 0 Å². The smallest absolute Gasteiger partial charge is 0.0779 e. The molecule has 0 amide bonds. The predicted octanol–water partition coefficient (Wildman–Crippen LogP) is 1.22. The van der Waals surface area contributed by atoms with Gasteiger partial charge in [-0.2, -0.15) is 0 Å². The van der Waals surface area contributed by atoms with Gasteiger partial charge in [0, 0.05) is 0 Å². The summed E-state index contributed by atoms with van der Waals surface area (Å²) in [6.45, 7) is 12.8. The van der Waals surface area contributed by atoms with Crippen LogP contribution in [-0.4, -0.2) is 41.9 Å². The average molecular weight is 230 g/mol. The van der Waals surface area contributed by atoms with E-state index in [-0.39, 0.29) is 23.4 Å². The molecule has 16 heavy (non-hydrogen) atoms. The van der Waals surface area contributed by atoms with Crippen LogP contribution in [0, 0.1) is 5.41 Å². The van der Waals surface area contributed by atoms with Crippen molar-refractivity contribution in [3.63, 3.8) is 0 Å². The summed E-state index contributed by atoms with van der Waals surface area (Å²) >= 11 is 0. The monoisotopic (exact) mass is 230 g/mol. The van der Waals surface area contributed by atoms with E-state index in [2.05, 4.69) is 51.6 Å². The fourth-order valence-corrected chi connectivity index (χ4v) is 2.45. The van der Waals surface area contributed by atoms with Crippen molar-refractivity contribution in [3.05, 3.63) is 0 Å². The summed E-state index contributed by atoms with van der Waals surface area (Å²) in [5, 5.41) is 0. The van der Waals surface area contributed by atoms with Crippen molar-refractivity contribution in [2.75, 3.05) is 14.1 Å². The van der Waals surface area contributed by atoms with Crippen molar-refractivity contribution in [3.8, 4) is 0 Å². The van der Waals surface area contributed by atoms with Crippen LogP contribution in [-0.2, 0) is 0 Å². The molecule has 0 radical (unpaired) electrons. The molecule has 0 aliphatic heterocycles. The summed E-state index contributed by atoms with van der Waals surface area (Å²) in [6.07, 6.45) is -0.154. The third kappa shape index (κ3) is 2.74. The molecule has 0 aromatic carbocycles. The van der Waals surface area contributed by atoms with Gasteiger partial charge in [-0.3, -0.25) is 9.80 Å². The van der Waals surface area contributed by atoms with E-state index in [1.165, 1.54) is 0 Å². The zero-order valence-corrected chi connectivity index (χ0v) is 12.2. The molecule has 0 fully saturated rings. The lowest BCUT2D eigenvalue weighted by Gasteiger charge is -2.56. The Balaban J connectivity index is 5.49. The molecule has 98 valence electrons. The quantitative estimate of drug-likeness (QED) is 0.713. The largest absolute Gasteiger partial charge is 0.316 e. The minimum atomic E-state index is -0.185. The predicted molar refractivity (Wildman–Crippen MR) is 70.7 cm³/mol. The Morgan fingerprint density at radius 2 is 1.19 bits per heavy atom. The fraction of sp³-hybridized carbons (Fsp3) is 1.00. The molecule has 0 spiro atoms. The van der Waals surface area contributed by atoms with Gasteiger partial charge >= 0.3 is 0 Å². The number of rotatable bonds is 4. The highest BCUT2D eigenvalue weighted by Crippen LogP contribution is 2.38. The summed E-state index contributed by atoms with van der Waals surface area (Å²) in [4.78, 5) is 4.35. The van der Waals surface area contributed by atoms with E-state index in [1.54, 1.807) is 0 Å². The van der Waals surface area contributed by atoms with Crippen LogP contribution in [0.2, 0.25) is 0 Å². The van der Waals surface area contributed by atoms with Crippen LogP contribution < -0.4 is 11.5 Å². The third-order valence-electron chi connectivity index (χ3n) is 3.67. The molecule has 0 bridgehead atoms. The maximum atomic E-state index is 6.08. The highest BCUT2D eigenvalue weighted by Gasteiger charge is 2.46. The third-order valence-corrected chi connectivity index (χ3v) is 3.67. The van der Waals surface area contributed by atoms with Crippen molar-refractivity contribution in [1.82, 2.24) is 9.80 Å². The molecule has 4 N–H and O–H groups in total. The van der Waals surface area contributed by atoms with Gasteiger partial charge in [0.25, 0.3) is 0 Å². The lowest BCUT2D eigenvalue weighted by molar-refractivity contribution is -0.130. The van der Waals surface area contributed by atoms with Crippen molar-refractivity contribution in [1.29, 1.82) is 0 Å². The second-order valence-electron chi connectivity index (χ2n) is 6.05. The molecule has 3 atom stereocenters. The van der Waals surface area contributed by atoms with E-state index in [0.717, 1.165) is 0 Å². The van der Waals surface area contributed by atoms with Crippen molar-refractivity contribution < 1.29 is 0 Å². The van der Waals surface area contributed by atoms with Crippen molar-refractivity contribution >= 4 is 0 Å². The molecule has 0 rings (SSSR count). The van der Waals surface area contributed by atoms with Gasteiger partial charge in [-0.15, -0.1) is 0 Å². The van der Waals surface area contributed by atoms with E-state index in [9.17, 15) is 0 Å². The number of nitrogens with two attached hydrogens (primary N) is 2. The van der Waals surface area contributed by atoms with Gasteiger partial charge in [0.1, 0.15) is 0 Å². The SMILES string of the molecule is CC(N)N(C(C)N)C(C)(N(C)C)C(C)(C)C. The first-order valence-corrected chi connectivity index (χ1v) is 5.93. The second kappa shape index (κ2) is 5.00. The second-order valence-corrected chi connectivity index (χ2v) is 6.05. The summed E-state index contributed by atoms with van der Waals surface area (Å²) in [5.74, 6) is 0. The molecule has 0 saturated carbocycles. The first-order valence-electron chi connectivity index (χ1n) is 5.93. The Kier molecular flexibility index (Phi) is 4.95. The summed E-state index contributed by atoms with van der Waals surface area (Å²) in [7, 11) is 4.14. The Morgan fingerprint density at radius 1 is 0.875 bits per heavy atom. The Bertz CT molecular complexity index is 210. The van der Waals surface area contributed by atoms with Crippen molar-refractivity contribution in [2.24, 2.45) is 16.9 Å². The molecule has 3 unspecified atom stereocenters. The molecule has 4 nitrogen and oxygen atoms in total. The number of hydrogen-bond donors (Lipinski definition) is 2. The molecule has 0 aromatic rings. The average Bonchev–Trinajstić information content (AvgIpc) is 1.99. The standard InChI is InChI=1S/C12H30N4/c1-9(13)16(10(2)14)12(6,15(7)8)11(3,4)5/h9-10H,13-14H2,1-8H3. The molecule has 0 heterocycles. The molecule has 0 saturated heterocycles. The highest BCUT2D eigenvalue weighted by molar-refractivity contribution is 4.96. The Morgan fingerprint density at radius 3 is 1.25 bits per heavy atom. The van der Waals surface area contributed by atoms with Crippen LogP contribution in [0.25, 0.3) is 0 Å². The molecule has 0 aromatic heterocycles. The normalized spacial score (nSPS) is 21.0. The van der Waals surface area contributed by atoms with E-state index < -0.39 is 0 Å². The number of hydrogen-bond acceptors (Lipinski definition) is 4. The molecular weight excluding hydrogens is 200 g/mol. The van der Waals surface area contributed by atoms with Crippen LogP contribution in [0.5, 0.6) is 0 Å². The van der Waals surface area contributed by atoms with Gasteiger partial charge in [-0.1, -0.05) is 20.8 Å². The summed E-state index contributed by atoms with van der Waals surface area (Å²) < 4.78 is 0. The summed E-state index contributed by atoms with van der Waals surface area (Å²) in [5.41, 5.74) is 12.0. The van der Waals surface area contributed by atoms with Gasteiger partial charge < -0.3 is 11.5 Å². The van der Waals surface area contributed by atoms with Gasteiger partial charge in [0.05, 0.1) is 18.0 Å². The zero-order chi connectivity index (χ0) is 13.3. The minimum absolute atomic E-state index is 0.0533. The van der Waals surface area contributed by atoms with Crippen LogP contribution in [0.3, 0.4) is 0 Å². The Hall–Kier alpha value is -0.160. The topological polar surface area (TPSA) is 58.5 Å². The van der Waals surface area contributed by atoms with E-state index in [0.29, 0.717) is 0 Å². The molecule has 4 heteroatoms. The first-order chi connectivity index (χ1) is 6.96. The fourth-order valence-electron chi connectivity index (χ4n) is 2.45. The van der Waals surface area contributed by atoms with E-state index in [4.69, 9.17) is 11.5 Å². The summed E-state index contributed by atoms with van der Waals surface area (Å²) in [6, 6.07) is 0. The van der Waals surface area contributed by atoms with Gasteiger partial charge in [0.2, 0.25) is 0 Å². The maximum Gasteiger partial charge on any atom is 0.0779 e. The van der Waals surface area contributed by atoms with Crippen LogP contribution in [0.4, 0.5) is 0 Å². The van der Waals surface area contributed by atoms with Crippen LogP contribution in [0.1, 0.15) is 41.5 Å². The first kappa shape index (κ1) is 15.8. The van der Waals surface area contributed by atoms with Gasteiger partial charge in [-0.05, 0) is 40.3 Å². The number of nitrogens with zero attached hydrogens (tertiary/aromatic N) is 2. The van der Waals surface area contributed by atoms with E-state index >= 15 is 0 Å². The van der Waals surface area contributed by atoms with E-state index in [1.807, 2.05) is 13.8 Å². The van der Waals surface area contributed by atoms with Crippen LogP contribution in [0.15, 0.2) is 0 Å². The molecule has 0 aliphatic rings. The Labute approximate surface area is 101 Å². The van der Waals surface area contributed by atoms with Crippen LogP contribution >= 0.6 is 0 Å². The lowest BCUT2D eigenvalue weighted by Crippen LogP contribution is -2.70. The maximum absolute atomic E-state index is 6.08. The van der Waals surface area contributed by atoms with Gasteiger partial charge in [-0.25, -0.2) is 0 Å². The minimum Gasteiger partial charge on any atom is -0.316 e. The zero-order valence-electron chi connectivity index (χ0n) is 12.2. The van der Waals surface area contributed by atoms with Crippen molar-refractivity contribution in [2.45, 2.75) is 59.5 Å². The highest BCUT2D eigenvalue weighted by atomic mass is 15.5. The molecular formula is C12H30N4. The lowest BCUT2D eigenvalue weighted by atomic mass is 9.79.